The Labute approximate surface area is 127 Å². The van der Waals surface area contributed by atoms with E-state index >= 15 is 0 Å². The maximum Gasteiger partial charge on any atom is 0.264 e. The van der Waals surface area contributed by atoms with Crippen LogP contribution < -0.4 is 0 Å². The lowest BCUT2D eigenvalue weighted by atomic mass is 10.1. The molecule has 0 aromatic heterocycles. The highest BCUT2D eigenvalue weighted by atomic mass is 35.7. The van der Waals surface area contributed by atoms with Gasteiger partial charge in [0, 0.05) is 24.3 Å². The molecule has 0 bridgehead atoms. The normalized spacial score (nSPS) is 13.0. The molecule has 1 rings (SSSR count). The van der Waals surface area contributed by atoms with Crippen LogP contribution in [0.5, 0.6) is 0 Å². The van der Waals surface area contributed by atoms with E-state index in [2.05, 4.69) is 0 Å². The fourth-order valence-electron chi connectivity index (χ4n) is 1.78. The van der Waals surface area contributed by atoms with E-state index in [1.165, 1.54) is 11.9 Å². The van der Waals surface area contributed by atoms with Crippen molar-refractivity contribution in [1.82, 2.24) is 4.90 Å². The molecule has 0 saturated heterocycles. The van der Waals surface area contributed by atoms with Crippen molar-refractivity contribution in [3.05, 3.63) is 29.3 Å². The largest absolute Gasteiger partial charge is 0.341 e. The van der Waals surface area contributed by atoms with Crippen molar-refractivity contribution in [3.63, 3.8) is 0 Å². The number of nitrogens with zero attached hydrogens (tertiary/aromatic N) is 1. The Hall–Kier alpha value is -1.21. The standard InChI is InChI=1S/C13H16ClF2NO3S/c1-4-8(2)7-17(3)13(18)10-5-9(15)6-11(12(10)16)21(14,19)20/h5-6,8H,4,7H2,1-3H3. The van der Waals surface area contributed by atoms with Gasteiger partial charge in [0.2, 0.25) is 0 Å². The zero-order valence-corrected chi connectivity index (χ0v) is 13.4. The summed E-state index contributed by atoms with van der Waals surface area (Å²) in [5.41, 5.74) is -0.653. The van der Waals surface area contributed by atoms with Crippen LogP contribution in [0.3, 0.4) is 0 Å². The minimum absolute atomic E-state index is 0.173. The topological polar surface area (TPSA) is 54.5 Å². The van der Waals surface area contributed by atoms with Crippen LogP contribution in [0.15, 0.2) is 17.0 Å². The number of carbonyl (C=O) groups is 1. The van der Waals surface area contributed by atoms with Gasteiger partial charge in [0.05, 0.1) is 5.56 Å². The first-order valence-electron chi connectivity index (χ1n) is 6.27. The van der Waals surface area contributed by atoms with Gasteiger partial charge in [-0.2, -0.15) is 0 Å². The van der Waals surface area contributed by atoms with Crippen LogP contribution in [0, 0.1) is 17.6 Å². The van der Waals surface area contributed by atoms with Crippen molar-refractivity contribution < 1.29 is 22.0 Å². The molecule has 1 atom stereocenters. The zero-order chi connectivity index (χ0) is 16.4. The van der Waals surface area contributed by atoms with Gasteiger partial charge in [0.15, 0.2) is 5.82 Å². The predicted molar refractivity (Wildman–Crippen MR) is 75.8 cm³/mol. The average Bonchev–Trinajstić information content (AvgIpc) is 2.38. The van der Waals surface area contributed by atoms with Gasteiger partial charge in [-0.25, -0.2) is 17.2 Å². The molecule has 8 heteroatoms. The van der Waals surface area contributed by atoms with Crippen molar-refractivity contribution in [2.24, 2.45) is 5.92 Å². The molecule has 1 amide bonds. The molecule has 0 heterocycles. The van der Waals surface area contributed by atoms with E-state index in [1.54, 1.807) is 0 Å². The lowest BCUT2D eigenvalue weighted by molar-refractivity contribution is 0.0769. The van der Waals surface area contributed by atoms with Gasteiger partial charge in [-0.05, 0) is 18.1 Å². The Balaban J connectivity index is 3.25. The molecular weight excluding hydrogens is 324 g/mol. The summed E-state index contributed by atoms with van der Waals surface area (Å²) in [5.74, 6) is -3.01. The maximum absolute atomic E-state index is 14.1. The molecule has 1 aromatic carbocycles. The molecule has 0 saturated carbocycles. The Bertz CT molecular complexity index is 649. The Kier molecular flexibility index (Phi) is 5.69. The summed E-state index contributed by atoms with van der Waals surface area (Å²) in [4.78, 5) is 12.3. The van der Waals surface area contributed by atoms with Gasteiger partial charge in [0.25, 0.3) is 15.0 Å². The summed E-state index contributed by atoms with van der Waals surface area (Å²) < 4.78 is 49.9. The molecule has 0 aliphatic heterocycles. The number of halogens is 3. The van der Waals surface area contributed by atoms with E-state index < -0.39 is 37.1 Å². The van der Waals surface area contributed by atoms with Crippen LogP contribution in [0.25, 0.3) is 0 Å². The van der Waals surface area contributed by atoms with E-state index in [0.29, 0.717) is 18.7 Å². The molecular formula is C13H16ClF2NO3S. The molecule has 21 heavy (non-hydrogen) atoms. The summed E-state index contributed by atoms with van der Waals surface area (Å²) in [5, 5.41) is 0. The highest BCUT2D eigenvalue weighted by molar-refractivity contribution is 8.13. The quantitative estimate of drug-likeness (QED) is 0.775. The zero-order valence-electron chi connectivity index (χ0n) is 11.9. The number of benzene rings is 1. The van der Waals surface area contributed by atoms with Gasteiger partial charge in [-0.15, -0.1) is 0 Å². The minimum atomic E-state index is -4.48. The molecule has 0 N–H and O–H groups in total. The van der Waals surface area contributed by atoms with Gasteiger partial charge < -0.3 is 4.90 Å². The van der Waals surface area contributed by atoms with Crippen molar-refractivity contribution in [1.29, 1.82) is 0 Å². The van der Waals surface area contributed by atoms with E-state index in [-0.39, 0.29) is 5.92 Å². The van der Waals surface area contributed by atoms with Gasteiger partial charge >= 0.3 is 0 Å². The third-order valence-electron chi connectivity index (χ3n) is 3.13. The maximum atomic E-state index is 14.1. The van der Waals surface area contributed by atoms with Crippen LogP contribution in [0.1, 0.15) is 30.6 Å². The number of rotatable bonds is 5. The number of hydrogen-bond donors (Lipinski definition) is 0. The molecule has 1 unspecified atom stereocenters. The van der Waals surface area contributed by atoms with Crippen molar-refractivity contribution in [2.75, 3.05) is 13.6 Å². The van der Waals surface area contributed by atoms with Crippen molar-refractivity contribution in [3.8, 4) is 0 Å². The molecule has 0 fully saturated rings. The highest BCUT2D eigenvalue weighted by Gasteiger charge is 2.26. The summed E-state index contributed by atoms with van der Waals surface area (Å²) >= 11 is 0. The molecule has 0 radical (unpaired) electrons. The Morgan fingerprint density at radius 3 is 2.43 bits per heavy atom. The van der Waals surface area contributed by atoms with Crippen LogP contribution in [0.2, 0.25) is 0 Å². The lowest BCUT2D eigenvalue weighted by Crippen LogP contribution is -2.31. The molecule has 0 spiro atoms. The van der Waals surface area contributed by atoms with E-state index in [9.17, 15) is 22.0 Å². The molecule has 4 nitrogen and oxygen atoms in total. The lowest BCUT2D eigenvalue weighted by Gasteiger charge is -2.21. The summed E-state index contributed by atoms with van der Waals surface area (Å²) in [6.45, 7) is 4.18. The van der Waals surface area contributed by atoms with Gasteiger partial charge in [0.1, 0.15) is 10.7 Å². The molecule has 1 aromatic rings. The first-order valence-corrected chi connectivity index (χ1v) is 8.58. The molecule has 0 aliphatic carbocycles. The molecule has 0 aliphatic rings. The van der Waals surface area contributed by atoms with Crippen LogP contribution in [0.4, 0.5) is 8.78 Å². The summed E-state index contributed by atoms with van der Waals surface area (Å²) in [7, 11) is 2.00. The van der Waals surface area contributed by atoms with Crippen molar-refractivity contribution in [2.45, 2.75) is 25.2 Å². The number of hydrogen-bond acceptors (Lipinski definition) is 3. The third-order valence-corrected chi connectivity index (χ3v) is 4.45. The average molecular weight is 340 g/mol. The smallest absolute Gasteiger partial charge is 0.264 e. The van der Waals surface area contributed by atoms with Gasteiger partial charge in [-0.3, -0.25) is 4.79 Å². The second kappa shape index (κ2) is 6.70. The summed E-state index contributed by atoms with van der Waals surface area (Å²) in [6, 6.07) is 1.11. The van der Waals surface area contributed by atoms with E-state index in [1.807, 2.05) is 13.8 Å². The predicted octanol–water partition coefficient (Wildman–Crippen LogP) is 3.01. The number of amides is 1. The fourth-order valence-corrected chi connectivity index (χ4v) is 2.70. The fraction of sp³-hybridized carbons (Fsp3) is 0.462. The Morgan fingerprint density at radius 1 is 1.38 bits per heavy atom. The Morgan fingerprint density at radius 2 is 1.95 bits per heavy atom. The second-order valence-corrected chi connectivity index (χ2v) is 7.44. The monoisotopic (exact) mass is 339 g/mol. The summed E-state index contributed by atoms with van der Waals surface area (Å²) in [6.07, 6.45) is 0.810. The SMILES string of the molecule is CCC(C)CN(C)C(=O)c1cc(F)cc(S(=O)(=O)Cl)c1F. The van der Waals surface area contributed by atoms with E-state index in [4.69, 9.17) is 10.7 Å². The third kappa shape index (κ3) is 4.38. The van der Waals surface area contributed by atoms with Gasteiger partial charge in [-0.1, -0.05) is 20.3 Å². The van der Waals surface area contributed by atoms with Crippen LogP contribution >= 0.6 is 10.7 Å². The van der Waals surface area contributed by atoms with Crippen molar-refractivity contribution >= 4 is 25.6 Å². The van der Waals surface area contributed by atoms with E-state index in [0.717, 1.165) is 6.42 Å². The van der Waals surface area contributed by atoms with Crippen LogP contribution in [-0.4, -0.2) is 32.8 Å². The highest BCUT2D eigenvalue weighted by Crippen LogP contribution is 2.24. The second-order valence-electron chi connectivity index (χ2n) is 4.90. The first kappa shape index (κ1) is 17.8. The van der Waals surface area contributed by atoms with Crippen LogP contribution in [-0.2, 0) is 9.05 Å². The first-order chi connectivity index (χ1) is 9.57. The number of carbonyl (C=O) groups excluding carboxylic acids is 1. The minimum Gasteiger partial charge on any atom is -0.341 e. The molecule has 118 valence electrons.